The number of aliphatic hydroxyl groups is 1. The molecule has 0 radical (unpaired) electrons. The summed E-state index contributed by atoms with van der Waals surface area (Å²) in [6.07, 6.45) is -1.70. The first-order valence-corrected chi connectivity index (χ1v) is 11.1. The molecule has 0 aliphatic carbocycles. The number of hydrogen-bond donors (Lipinski definition) is 3. The zero-order valence-corrected chi connectivity index (χ0v) is 19.4. The van der Waals surface area contributed by atoms with Crippen molar-refractivity contribution in [1.82, 2.24) is 10.6 Å². The summed E-state index contributed by atoms with van der Waals surface area (Å²) in [5.41, 5.74) is 0.966. The number of ether oxygens (including phenoxy) is 2. The Morgan fingerprint density at radius 2 is 1.50 bits per heavy atom. The van der Waals surface area contributed by atoms with Gasteiger partial charge in [-0.1, -0.05) is 72.8 Å². The van der Waals surface area contributed by atoms with Crippen LogP contribution in [0.25, 0.3) is 0 Å². The van der Waals surface area contributed by atoms with Gasteiger partial charge in [0, 0.05) is 6.54 Å². The number of alkyl carbamates (subject to hydrolysis) is 1. The highest BCUT2D eigenvalue weighted by atomic mass is 16.5. The molecule has 3 aromatic rings. The van der Waals surface area contributed by atoms with Crippen LogP contribution in [0.3, 0.4) is 0 Å². The molecule has 0 fully saturated rings. The zero-order chi connectivity index (χ0) is 24.4. The van der Waals surface area contributed by atoms with E-state index in [1.54, 1.807) is 38.3 Å². The van der Waals surface area contributed by atoms with Gasteiger partial charge in [0.2, 0.25) is 0 Å². The fraction of sp³-hybridized carbons (Fsp3) is 0.259. The summed E-state index contributed by atoms with van der Waals surface area (Å²) in [6, 6.07) is 25.7. The fourth-order valence-electron chi connectivity index (χ4n) is 3.54. The average Bonchev–Trinajstić information content (AvgIpc) is 2.88. The summed E-state index contributed by atoms with van der Waals surface area (Å²) in [4.78, 5) is 25.5. The summed E-state index contributed by atoms with van der Waals surface area (Å²) < 4.78 is 10.5. The van der Waals surface area contributed by atoms with Crippen LogP contribution in [0.15, 0.2) is 84.9 Å². The molecule has 0 spiro atoms. The maximum absolute atomic E-state index is 12.9. The number of methoxy groups -OCH3 is 1. The maximum Gasteiger partial charge on any atom is 0.408 e. The Morgan fingerprint density at radius 3 is 2.09 bits per heavy atom. The van der Waals surface area contributed by atoms with Crippen molar-refractivity contribution in [3.63, 3.8) is 0 Å². The van der Waals surface area contributed by atoms with Gasteiger partial charge < -0.3 is 25.2 Å². The molecule has 0 aliphatic heterocycles. The lowest BCUT2D eigenvalue weighted by molar-refractivity contribution is -0.133. The Morgan fingerprint density at radius 1 is 0.912 bits per heavy atom. The SMILES string of the molecule is COc1ccc(C(C)(NC(=O)OCc2ccccc2)C(O)C(=O)NCCc2ccccc2)cc1. The van der Waals surface area contributed by atoms with E-state index in [2.05, 4.69) is 10.6 Å². The molecule has 3 N–H and O–H groups in total. The molecule has 3 rings (SSSR count). The molecular formula is C27H30N2O5. The number of amides is 2. The Kier molecular flexibility index (Phi) is 8.65. The molecule has 0 saturated carbocycles. The number of aliphatic hydroxyl groups excluding tert-OH is 1. The Labute approximate surface area is 199 Å². The van der Waals surface area contributed by atoms with Crippen molar-refractivity contribution in [2.75, 3.05) is 13.7 Å². The van der Waals surface area contributed by atoms with E-state index < -0.39 is 23.6 Å². The second-order valence-electron chi connectivity index (χ2n) is 8.05. The topological polar surface area (TPSA) is 96.9 Å². The monoisotopic (exact) mass is 462 g/mol. The van der Waals surface area contributed by atoms with Gasteiger partial charge in [-0.15, -0.1) is 0 Å². The van der Waals surface area contributed by atoms with Gasteiger partial charge in [-0.3, -0.25) is 4.79 Å². The second-order valence-corrected chi connectivity index (χ2v) is 8.05. The predicted octanol–water partition coefficient (Wildman–Crippen LogP) is 3.56. The van der Waals surface area contributed by atoms with Crippen molar-refractivity contribution >= 4 is 12.0 Å². The van der Waals surface area contributed by atoms with Gasteiger partial charge in [0.05, 0.1) is 7.11 Å². The lowest BCUT2D eigenvalue weighted by atomic mass is 9.85. The summed E-state index contributed by atoms with van der Waals surface area (Å²) >= 11 is 0. The molecule has 2 amide bonds. The first kappa shape index (κ1) is 24.8. The number of rotatable bonds is 10. The van der Waals surface area contributed by atoms with Crippen LogP contribution in [-0.2, 0) is 28.1 Å². The van der Waals surface area contributed by atoms with Crippen LogP contribution in [0.1, 0.15) is 23.6 Å². The molecule has 0 aliphatic rings. The highest BCUT2D eigenvalue weighted by Gasteiger charge is 2.41. The third kappa shape index (κ3) is 6.59. The third-order valence-electron chi connectivity index (χ3n) is 5.62. The van der Waals surface area contributed by atoms with Crippen molar-refractivity contribution in [3.8, 4) is 5.75 Å². The minimum atomic E-state index is -1.57. The van der Waals surface area contributed by atoms with E-state index in [9.17, 15) is 14.7 Å². The van der Waals surface area contributed by atoms with E-state index in [-0.39, 0.29) is 6.61 Å². The normalized spacial score (nSPS) is 13.3. The van der Waals surface area contributed by atoms with Crippen LogP contribution in [0.4, 0.5) is 4.79 Å². The summed E-state index contributed by atoms with van der Waals surface area (Å²) in [5.74, 6) is 0.0113. The minimum absolute atomic E-state index is 0.0603. The maximum atomic E-state index is 12.9. The minimum Gasteiger partial charge on any atom is -0.497 e. The number of carbonyl (C=O) groups is 2. The number of nitrogens with one attached hydrogen (secondary N) is 2. The van der Waals surface area contributed by atoms with E-state index in [0.717, 1.165) is 11.1 Å². The lowest BCUT2D eigenvalue weighted by Gasteiger charge is -2.34. The molecule has 0 bridgehead atoms. The lowest BCUT2D eigenvalue weighted by Crippen LogP contribution is -2.57. The molecule has 7 heteroatoms. The quantitative estimate of drug-likeness (QED) is 0.428. The highest BCUT2D eigenvalue weighted by Crippen LogP contribution is 2.27. The third-order valence-corrected chi connectivity index (χ3v) is 5.62. The van der Waals surface area contributed by atoms with Crippen LogP contribution < -0.4 is 15.4 Å². The van der Waals surface area contributed by atoms with Gasteiger partial charge in [0.25, 0.3) is 5.91 Å². The van der Waals surface area contributed by atoms with Crippen molar-refractivity contribution in [3.05, 3.63) is 102 Å². The molecule has 2 unspecified atom stereocenters. The van der Waals surface area contributed by atoms with Crippen LogP contribution in [0.5, 0.6) is 5.75 Å². The van der Waals surface area contributed by atoms with Gasteiger partial charge in [-0.25, -0.2) is 4.79 Å². The van der Waals surface area contributed by atoms with Gasteiger partial charge in [0.1, 0.15) is 17.9 Å². The van der Waals surface area contributed by atoms with Crippen LogP contribution in [-0.4, -0.2) is 36.9 Å². The van der Waals surface area contributed by atoms with Crippen LogP contribution in [0, 0.1) is 0 Å². The second kappa shape index (κ2) is 11.9. The molecule has 3 aromatic carbocycles. The number of carbonyl (C=O) groups excluding carboxylic acids is 2. The molecule has 0 saturated heterocycles. The summed E-state index contributed by atoms with van der Waals surface area (Å²) in [7, 11) is 1.54. The van der Waals surface area contributed by atoms with Gasteiger partial charge in [0.15, 0.2) is 6.10 Å². The van der Waals surface area contributed by atoms with Crippen molar-refractivity contribution < 1.29 is 24.2 Å². The molecule has 34 heavy (non-hydrogen) atoms. The van der Waals surface area contributed by atoms with E-state index in [4.69, 9.17) is 9.47 Å². The largest absolute Gasteiger partial charge is 0.497 e. The molecular weight excluding hydrogens is 432 g/mol. The van der Waals surface area contributed by atoms with Crippen LogP contribution >= 0.6 is 0 Å². The first-order valence-electron chi connectivity index (χ1n) is 11.1. The Balaban J connectivity index is 1.71. The van der Waals surface area contributed by atoms with Crippen molar-refractivity contribution in [1.29, 1.82) is 0 Å². The van der Waals surface area contributed by atoms with E-state index in [0.29, 0.717) is 24.3 Å². The van der Waals surface area contributed by atoms with Gasteiger partial charge in [-0.2, -0.15) is 0 Å². The zero-order valence-electron chi connectivity index (χ0n) is 19.4. The van der Waals surface area contributed by atoms with Crippen molar-refractivity contribution in [2.24, 2.45) is 0 Å². The standard InChI is InChI=1S/C27H30N2O5/c1-27(22-13-15-23(33-2)16-14-22,29-26(32)34-19-21-11-7-4-8-12-21)24(30)25(31)28-18-17-20-9-5-3-6-10-20/h3-16,24,30H,17-19H2,1-2H3,(H,28,31)(H,29,32). The number of hydrogen-bond acceptors (Lipinski definition) is 5. The van der Waals surface area contributed by atoms with E-state index >= 15 is 0 Å². The van der Waals surface area contributed by atoms with Crippen molar-refractivity contribution in [2.45, 2.75) is 31.6 Å². The predicted molar refractivity (Wildman–Crippen MR) is 129 cm³/mol. The van der Waals surface area contributed by atoms with E-state index in [1.165, 1.54) is 0 Å². The Hall–Kier alpha value is -3.84. The highest BCUT2D eigenvalue weighted by molar-refractivity contribution is 5.83. The smallest absolute Gasteiger partial charge is 0.408 e. The molecule has 7 nitrogen and oxygen atoms in total. The first-order chi connectivity index (χ1) is 16.4. The Bertz CT molecular complexity index is 1060. The van der Waals surface area contributed by atoms with Gasteiger partial charge in [-0.05, 0) is 42.2 Å². The molecule has 178 valence electrons. The summed E-state index contributed by atoms with van der Waals surface area (Å²) in [5, 5.41) is 16.5. The fourth-order valence-corrected chi connectivity index (χ4v) is 3.54. The van der Waals surface area contributed by atoms with E-state index in [1.807, 2.05) is 60.7 Å². The molecule has 0 aromatic heterocycles. The van der Waals surface area contributed by atoms with Crippen LogP contribution in [0.2, 0.25) is 0 Å². The average molecular weight is 463 g/mol. The molecule has 2 atom stereocenters. The van der Waals surface area contributed by atoms with Gasteiger partial charge >= 0.3 is 6.09 Å². The summed E-state index contributed by atoms with van der Waals surface area (Å²) in [6.45, 7) is 1.99. The molecule has 0 heterocycles. The number of benzene rings is 3.